The largest absolute Gasteiger partial charge is 0.382 e. The molecular formula is C25H30ClN7O3. The molecule has 190 valence electrons. The van der Waals surface area contributed by atoms with Gasteiger partial charge in [-0.3, -0.25) is 18.8 Å². The molecule has 2 aliphatic rings. The highest BCUT2D eigenvalue weighted by Crippen LogP contribution is 2.27. The number of ether oxygens (including phenoxy) is 1. The molecule has 0 aliphatic carbocycles. The molecule has 1 atom stereocenters. The van der Waals surface area contributed by atoms with Crippen LogP contribution in [0, 0.1) is 0 Å². The molecule has 1 amide bonds. The maximum atomic E-state index is 13.6. The van der Waals surface area contributed by atoms with Crippen LogP contribution in [0.25, 0.3) is 16.9 Å². The summed E-state index contributed by atoms with van der Waals surface area (Å²) in [6, 6.07) is 7.21. The van der Waals surface area contributed by atoms with Gasteiger partial charge in [0.1, 0.15) is 11.8 Å². The number of carbonyl (C=O) groups is 1. The number of nitrogen functional groups attached to an aromatic ring is 1. The van der Waals surface area contributed by atoms with Crippen molar-refractivity contribution >= 4 is 34.5 Å². The zero-order chi connectivity index (χ0) is 25.2. The van der Waals surface area contributed by atoms with Crippen molar-refractivity contribution in [1.29, 1.82) is 0 Å². The maximum absolute atomic E-state index is 13.6. The molecule has 0 bridgehead atoms. The molecule has 2 aromatic heterocycles. The average Bonchev–Trinajstić information content (AvgIpc) is 3.48. The normalized spacial score (nSPS) is 19.2. The van der Waals surface area contributed by atoms with E-state index in [4.69, 9.17) is 22.1 Å². The fourth-order valence-corrected chi connectivity index (χ4v) is 5.21. The van der Waals surface area contributed by atoms with Crippen LogP contribution in [0.5, 0.6) is 0 Å². The zero-order valence-electron chi connectivity index (χ0n) is 20.2. The summed E-state index contributed by atoms with van der Waals surface area (Å²) < 4.78 is 8.58. The van der Waals surface area contributed by atoms with Gasteiger partial charge in [-0.25, -0.2) is 14.8 Å². The molecule has 2 N–H and O–H groups in total. The highest BCUT2D eigenvalue weighted by molar-refractivity contribution is 6.30. The molecular weight excluding hydrogens is 482 g/mol. The number of fused-ring (bicyclic) bond motifs is 1. The Labute approximate surface area is 213 Å². The third-order valence-corrected chi connectivity index (χ3v) is 7.33. The van der Waals surface area contributed by atoms with E-state index >= 15 is 0 Å². The predicted molar refractivity (Wildman–Crippen MR) is 138 cm³/mol. The van der Waals surface area contributed by atoms with E-state index in [0.29, 0.717) is 54.0 Å². The molecule has 2 saturated heterocycles. The van der Waals surface area contributed by atoms with Gasteiger partial charge in [0.25, 0.3) is 0 Å². The van der Waals surface area contributed by atoms with E-state index in [-0.39, 0.29) is 23.5 Å². The molecule has 1 aromatic carbocycles. The van der Waals surface area contributed by atoms with Crippen LogP contribution >= 0.6 is 11.6 Å². The minimum atomic E-state index is -0.271. The van der Waals surface area contributed by atoms with Crippen molar-refractivity contribution in [3.05, 3.63) is 58.3 Å². The van der Waals surface area contributed by atoms with E-state index < -0.39 is 0 Å². The summed E-state index contributed by atoms with van der Waals surface area (Å²) in [7, 11) is 2.08. The number of benzene rings is 1. The fourth-order valence-electron chi connectivity index (χ4n) is 5.08. The number of halogens is 1. The second-order valence-electron chi connectivity index (χ2n) is 9.31. The van der Waals surface area contributed by atoms with Gasteiger partial charge < -0.3 is 15.4 Å². The Balaban J connectivity index is 1.34. The van der Waals surface area contributed by atoms with E-state index in [1.807, 2.05) is 6.08 Å². The first-order valence-corrected chi connectivity index (χ1v) is 12.5. The number of likely N-dealkylation sites (tertiary alicyclic amines) is 1. The summed E-state index contributed by atoms with van der Waals surface area (Å²) in [5.74, 6) is 0.162. The molecule has 11 heteroatoms. The number of amides is 1. The summed E-state index contributed by atoms with van der Waals surface area (Å²) in [5, 5.41) is 0.566. The van der Waals surface area contributed by atoms with Crippen LogP contribution in [0.2, 0.25) is 5.02 Å². The molecule has 10 nitrogen and oxygen atoms in total. The Morgan fingerprint density at radius 2 is 1.97 bits per heavy atom. The Hall–Kier alpha value is -3.21. The summed E-state index contributed by atoms with van der Waals surface area (Å²) in [4.78, 5) is 39.0. The van der Waals surface area contributed by atoms with Crippen molar-refractivity contribution in [3.8, 4) is 5.69 Å². The number of aromatic nitrogens is 4. The molecule has 3 aromatic rings. The zero-order valence-corrected chi connectivity index (χ0v) is 21.0. The van der Waals surface area contributed by atoms with Crippen LogP contribution in [0.15, 0.2) is 47.5 Å². The first-order valence-electron chi connectivity index (χ1n) is 12.2. The summed E-state index contributed by atoms with van der Waals surface area (Å²) in [6.07, 6.45) is 7.58. The van der Waals surface area contributed by atoms with Gasteiger partial charge in [0, 0.05) is 50.0 Å². The van der Waals surface area contributed by atoms with Crippen LogP contribution in [-0.4, -0.2) is 80.7 Å². The molecule has 5 rings (SSSR count). The lowest BCUT2D eigenvalue weighted by Gasteiger charge is -2.30. The van der Waals surface area contributed by atoms with Gasteiger partial charge in [-0.05, 0) is 50.6 Å². The lowest BCUT2D eigenvalue weighted by molar-refractivity contribution is -0.125. The quantitative estimate of drug-likeness (QED) is 0.505. The lowest BCUT2D eigenvalue weighted by Crippen LogP contribution is -2.36. The monoisotopic (exact) mass is 511 g/mol. The first-order chi connectivity index (χ1) is 17.4. The Morgan fingerprint density at radius 3 is 2.72 bits per heavy atom. The third-order valence-electron chi connectivity index (χ3n) is 7.07. The minimum absolute atomic E-state index is 0.0542. The lowest BCUT2D eigenvalue weighted by atomic mass is 10.1. The van der Waals surface area contributed by atoms with Gasteiger partial charge in [0.15, 0.2) is 11.5 Å². The first kappa shape index (κ1) is 24.5. The van der Waals surface area contributed by atoms with Crippen molar-refractivity contribution in [2.45, 2.75) is 31.3 Å². The highest BCUT2D eigenvalue weighted by atomic mass is 35.5. The van der Waals surface area contributed by atoms with Crippen molar-refractivity contribution in [2.24, 2.45) is 0 Å². The van der Waals surface area contributed by atoms with Crippen LogP contribution < -0.4 is 11.4 Å². The number of hydrogen-bond acceptors (Lipinski definition) is 7. The number of anilines is 1. The third kappa shape index (κ3) is 4.76. The number of likely N-dealkylation sites (N-methyl/N-ethyl adjacent to an activating group) is 1. The maximum Gasteiger partial charge on any atom is 0.335 e. The van der Waals surface area contributed by atoms with Crippen molar-refractivity contribution < 1.29 is 9.53 Å². The van der Waals surface area contributed by atoms with Gasteiger partial charge >= 0.3 is 5.69 Å². The van der Waals surface area contributed by atoms with Gasteiger partial charge in [0.2, 0.25) is 5.91 Å². The second kappa shape index (κ2) is 10.4. The Morgan fingerprint density at radius 1 is 1.22 bits per heavy atom. The molecule has 0 spiro atoms. The standard InChI is InChI=1S/C25H30ClN7O3/c1-30(18-9-13-36-14-10-18)11-2-3-21(34)31-12-8-20(15-31)33-24-22(23(27)28-16-29-24)32(25(33)35)19-6-4-17(26)5-7-19/h2-7,16,18,20H,8-15H2,1H3,(H2,27,28,29)/b3-2+. The molecule has 1 unspecified atom stereocenters. The smallest absolute Gasteiger partial charge is 0.335 e. The number of hydrogen-bond donors (Lipinski definition) is 1. The van der Waals surface area contributed by atoms with Crippen molar-refractivity contribution in [1.82, 2.24) is 28.9 Å². The topological polar surface area (TPSA) is 112 Å². The summed E-state index contributed by atoms with van der Waals surface area (Å²) >= 11 is 6.04. The average molecular weight is 512 g/mol. The molecule has 0 saturated carbocycles. The van der Waals surface area contributed by atoms with E-state index in [1.165, 1.54) is 10.9 Å². The molecule has 2 fully saturated rings. The van der Waals surface area contributed by atoms with Gasteiger partial charge in [0.05, 0.1) is 11.7 Å². The van der Waals surface area contributed by atoms with Gasteiger partial charge in [-0.2, -0.15) is 0 Å². The minimum Gasteiger partial charge on any atom is -0.382 e. The van der Waals surface area contributed by atoms with E-state index in [9.17, 15) is 9.59 Å². The van der Waals surface area contributed by atoms with E-state index in [1.54, 1.807) is 39.8 Å². The summed E-state index contributed by atoms with van der Waals surface area (Å²) in [5.41, 5.74) is 7.43. The van der Waals surface area contributed by atoms with Crippen LogP contribution in [-0.2, 0) is 9.53 Å². The predicted octanol–water partition coefficient (Wildman–Crippen LogP) is 2.26. The van der Waals surface area contributed by atoms with Crippen LogP contribution in [0.1, 0.15) is 25.3 Å². The number of imidazole rings is 1. The van der Waals surface area contributed by atoms with E-state index in [2.05, 4.69) is 21.9 Å². The Kier molecular flexibility index (Phi) is 7.08. The SMILES string of the molecule is CN(C/C=C/C(=O)N1CCC(n2c(=O)n(-c3ccc(Cl)cc3)c3c(N)ncnc32)C1)C1CCOCC1. The van der Waals surface area contributed by atoms with Crippen LogP contribution in [0.3, 0.4) is 0 Å². The van der Waals surface area contributed by atoms with Crippen LogP contribution in [0.4, 0.5) is 5.82 Å². The molecule has 0 radical (unpaired) electrons. The number of nitrogens with zero attached hydrogens (tertiary/aromatic N) is 6. The molecule has 4 heterocycles. The Bertz CT molecular complexity index is 1330. The molecule has 36 heavy (non-hydrogen) atoms. The fraction of sp³-hybridized carbons (Fsp3) is 0.440. The number of carbonyl (C=O) groups excluding carboxylic acids is 1. The van der Waals surface area contributed by atoms with Crippen molar-refractivity contribution in [2.75, 3.05) is 45.6 Å². The summed E-state index contributed by atoms with van der Waals surface area (Å²) in [6.45, 7) is 3.26. The highest BCUT2D eigenvalue weighted by Gasteiger charge is 2.31. The second-order valence-corrected chi connectivity index (χ2v) is 9.74. The van der Waals surface area contributed by atoms with E-state index in [0.717, 1.165) is 26.1 Å². The van der Waals surface area contributed by atoms with Gasteiger partial charge in [-0.15, -0.1) is 0 Å². The molecule has 2 aliphatic heterocycles. The number of rotatable bonds is 6. The number of nitrogens with two attached hydrogens (primary N) is 1. The van der Waals surface area contributed by atoms with Crippen molar-refractivity contribution in [3.63, 3.8) is 0 Å². The van der Waals surface area contributed by atoms with Gasteiger partial charge in [-0.1, -0.05) is 17.7 Å².